The number of nitrogens with zero attached hydrogens (tertiary/aromatic N) is 2. The zero-order valence-corrected chi connectivity index (χ0v) is 12.0. The van der Waals surface area contributed by atoms with Crippen LogP contribution in [-0.2, 0) is 4.74 Å². The minimum atomic E-state index is -1.58. The summed E-state index contributed by atoms with van der Waals surface area (Å²) in [5.41, 5.74) is 0.181. The van der Waals surface area contributed by atoms with Gasteiger partial charge in [0, 0.05) is 11.6 Å². The highest BCUT2D eigenvalue weighted by molar-refractivity contribution is 6.58. The Morgan fingerprint density at radius 3 is 2.67 bits per heavy atom. The van der Waals surface area contributed by atoms with Crippen LogP contribution in [0.1, 0.15) is 20.8 Å². The lowest BCUT2D eigenvalue weighted by atomic mass is 9.80. The van der Waals surface area contributed by atoms with Gasteiger partial charge in [-0.05, 0) is 32.3 Å². The van der Waals surface area contributed by atoms with E-state index in [1.54, 1.807) is 32.9 Å². The Kier molecular flexibility index (Phi) is 4.10. The first kappa shape index (κ1) is 15.2. The summed E-state index contributed by atoms with van der Waals surface area (Å²) < 4.78 is 5.11. The van der Waals surface area contributed by atoms with Gasteiger partial charge in [0.1, 0.15) is 5.60 Å². The number of carbonyl (C=O) groups excluding carboxylic acids is 1. The fourth-order valence-corrected chi connectivity index (χ4v) is 1.66. The van der Waals surface area contributed by atoms with Crippen molar-refractivity contribution in [3.63, 3.8) is 0 Å². The average Bonchev–Trinajstić information content (AvgIpc) is 2.35. The molecule has 2 rings (SSSR count). The normalized spacial score (nSPS) is 11.3. The van der Waals surface area contributed by atoms with E-state index < -0.39 is 18.8 Å². The minimum Gasteiger partial charge on any atom is -0.444 e. The number of benzene rings is 1. The third kappa shape index (κ3) is 4.14. The summed E-state index contributed by atoms with van der Waals surface area (Å²) in [5, 5.41) is 21.4. The van der Waals surface area contributed by atoms with Gasteiger partial charge in [-0.1, -0.05) is 12.1 Å². The van der Waals surface area contributed by atoms with E-state index in [9.17, 15) is 4.79 Å². The Balaban J connectivity index is 2.23. The average molecular weight is 289 g/mol. The molecule has 7 nitrogen and oxygen atoms in total. The molecule has 0 saturated heterocycles. The van der Waals surface area contributed by atoms with E-state index in [-0.39, 0.29) is 5.95 Å². The van der Waals surface area contributed by atoms with Crippen LogP contribution in [-0.4, -0.2) is 38.8 Å². The molecular weight excluding hydrogens is 273 g/mol. The zero-order valence-electron chi connectivity index (χ0n) is 12.0. The van der Waals surface area contributed by atoms with E-state index in [4.69, 9.17) is 14.8 Å². The molecule has 0 spiro atoms. The number of fused-ring (bicyclic) bond motifs is 1. The smallest absolute Gasteiger partial charge is 0.444 e. The fourth-order valence-electron chi connectivity index (χ4n) is 1.66. The van der Waals surface area contributed by atoms with Gasteiger partial charge < -0.3 is 14.8 Å². The molecular formula is C13H16BN3O4. The molecule has 0 radical (unpaired) electrons. The molecule has 1 amide bonds. The van der Waals surface area contributed by atoms with Crippen LogP contribution >= 0.6 is 0 Å². The molecule has 0 aliphatic rings. The number of amides is 1. The largest absolute Gasteiger partial charge is 0.488 e. The number of rotatable bonds is 2. The Morgan fingerprint density at radius 2 is 2.05 bits per heavy atom. The summed E-state index contributed by atoms with van der Waals surface area (Å²) in [6.45, 7) is 5.26. The van der Waals surface area contributed by atoms with Gasteiger partial charge in [0.2, 0.25) is 5.95 Å². The van der Waals surface area contributed by atoms with Crippen molar-refractivity contribution in [2.75, 3.05) is 5.32 Å². The van der Waals surface area contributed by atoms with E-state index in [0.29, 0.717) is 16.4 Å². The first-order valence-electron chi connectivity index (χ1n) is 6.37. The molecule has 21 heavy (non-hydrogen) atoms. The molecule has 0 aliphatic heterocycles. The van der Waals surface area contributed by atoms with Crippen LogP contribution in [0.15, 0.2) is 24.4 Å². The van der Waals surface area contributed by atoms with E-state index in [1.807, 2.05) is 0 Å². The Morgan fingerprint density at radius 1 is 1.33 bits per heavy atom. The van der Waals surface area contributed by atoms with Crippen LogP contribution in [0.4, 0.5) is 10.7 Å². The zero-order chi connectivity index (χ0) is 15.6. The van der Waals surface area contributed by atoms with Crippen LogP contribution in [0.2, 0.25) is 0 Å². The molecule has 0 atom stereocenters. The van der Waals surface area contributed by atoms with Crippen molar-refractivity contribution in [3.8, 4) is 0 Å². The fraction of sp³-hybridized carbons (Fsp3) is 0.308. The Labute approximate surface area is 122 Å². The first-order valence-corrected chi connectivity index (χ1v) is 6.37. The van der Waals surface area contributed by atoms with Gasteiger partial charge in [0.25, 0.3) is 0 Å². The van der Waals surface area contributed by atoms with Gasteiger partial charge in [-0.15, -0.1) is 0 Å². The maximum Gasteiger partial charge on any atom is 0.488 e. The summed E-state index contributed by atoms with van der Waals surface area (Å²) >= 11 is 0. The van der Waals surface area contributed by atoms with Crippen molar-refractivity contribution in [2.45, 2.75) is 26.4 Å². The number of ether oxygens (including phenoxy) is 1. The predicted octanol–water partition coefficient (Wildman–Crippen LogP) is 0.657. The van der Waals surface area contributed by atoms with Crippen molar-refractivity contribution in [2.24, 2.45) is 0 Å². The number of aromatic nitrogens is 2. The van der Waals surface area contributed by atoms with Crippen molar-refractivity contribution in [1.82, 2.24) is 9.97 Å². The number of hydrogen-bond donors (Lipinski definition) is 3. The van der Waals surface area contributed by atoms with Crippen LogP contribution in [0.5, 0.6) is 0 Å². The number of nitrogens with one attached hydrogen (secondary N) is 1. The SMILES string of the molecule is CC(C)(C)OC(=O)Nc1ncc2ccc(B(O)O)cc2n1. The standard InChI is InChI=1S/C13H16BN3O4/c1-13(2,3)21-12(18)17-11-15-7-8-4-5-9(14(19)20)6-10(8)16-11/h4-7,19-20H,1-3H3,(H,15,16,17,18). The van der Waals surface area contributed by atoms with Gasteiger partial charge in [0.15, 0.2) is 0 Å². The maximum absolute atomic E-state index is 11.6. The van der Waals surface area contributed by atoms with E-state index in [2.05, 4.69) is 15.3 Å². The molecule has 8 heteroatoms. The Bertz CT molecular complexity index is 670. The molecule has 1 heterocycles. The molecule has 0 saturated carbocycles. The molecule has 0 aliphatic carbocycles. The van der Waals surface area contributed by atoms with Crippen molar-refractivity contribution < 1.29 is 19.6 Å². The highest BCUT2D eigenvalue weighted by Crippen LogP contribution is 2.13. The highest BCUT2D eigenvalue weighted by Gasteiger charge is 2.17. The predicted molar refractivity (Wildman–Crippen MR) is 79.2 cm³/mol. The molecule has 1 aromatic carbocycles. The number of carbonyl (C=O) groups is 1. The second-order valence-corrected chi connectivity index (χ2v) is 5.51. The van der Waals surface area contributed by atoms with Gasteiger partial charge in [0.05, 0.1) is 5.52 Å². The number of anilines is 1. The van der Waals surface area contributed by atoms with Gasteiger partial charge >= 0.3 is 13.2 Å². The third-order valence-corrected chi connectivity index (χ3v) is 2.52. The third-order valence-electron chi connectivity index (χ3n) is 2.52. The minimum absolute atomic E-state index is 0.0846. The lowest BCUT2D eigenvalue weighted by Gasteiger charge is -2.19. The van der Waals surface area contributed by atoms with E-state index >= 15 is 0 Å². The quantitative estimate of drug-likeness (QED) is 0.701. The molecule has 2 aromatic rings. The molecule has 1 aromatic heterocycles. The monoisotopic (exact) mass is 289 g/mol. The molecule has 0 fully saturated rings. The van der Waals surface area contributed by atoms with Crippen LogP contribution < -0.4 is 10.8 Å². The van der Waals surface area contributed by atoms with Crippen LogP contribution in [0, 0.1) is 0 Å². The summed E-state index contributed by atoms with van der Waals surface area (Å²) in [6.07, 6.45) is 0.878. The topological polar surface area (TPSA) is 105 Å². The van der Waals surface area contributed by atoms with Gasteiger partial charge in [-0.25, -0.2) is 14.8 Å². The van der Waals surface area contributed by atoms with Crippen molar-refractivity contribution >= 4 is 35.5 Å². The van der Waals surface area contributed by atoms with Gasteiger partial charge in [-0.3, -0.25) is 5.32 Å². The highest BCUT2D eigenvalue weighted by atomic mass is 16.6. The molecule has 0 unspecified atom stereocenters. The van der Waals surface area contributed by atoms with Crippen molar-refractivity contribution in [1.29, 1.82) is 0 Å². The van der Waals surface area contributed by atoms with E-state index in [1.165, 1.54) is 12.3 Å². The number of hydrogen-bond acceptors (Lipinski definition) is 6. The van der Waals surface area contributed by atoms with Crippen LogP contribution in [0.25, 0.3) is 10.9 Å². The summed E-state index contributed by atoms with van der Waals surface area (Å²) in [4.78, 5) is 19.8. The summed E-state index contributed by atoms with van der Waals surface area (Å²) in [7, 11) is -1.58. The summed E-state index contributed by atoms with van der Waals surface area (Å²) in [5.74, 6) is 0.0846. The van der Waals surface area contributed by atoms with Gasteiger partial charge in [-0.2, -0.15) is 0 Å². The first-order chi connectivity index (χ1) is 9.74. The molecule has 110 valence electrons. The maximum atomic E-state index is 11.6. The van der Waals surface area contributed by atoms with E-state index in [0.717, 1.165) is 0 Å². The lowest BCUT2D eigenvalue weighted by molar-refractivity contribution is 0.0634. The van der Waals surface area contributed by atoms with Crippen molar-refractivity contribution in [3.05, 3.63) is 24.4 Å². The lowest BCUT2D eigenvalue weighted by Crippen LogP contribution is -2.29. The summed E-state index contributed by atoms with van der Waals surface area (Å²) in [6, 6.07) is 4.75. The van der Waals surface area contributed by atoms with Crippen LogP contribution in [0.3, 0.4) is 0 Å². The molecule has 3 N–H and O–H groups in total. The second-order valence-electron chi connectivity index (χ2n) is 5.51. The Hall–Kier alpha value is -2.19. The molecule has 0 bridgehead atoms. The second kappa shape index (κ2) is 5.67.